The van der Waals surface area contributed by atoms with E-state index in [9.17, 15) is 0 Å². The molecule has 106 valence electrons. The van der Waals surface area contributed by atoms with Crippen LogP contribution in [0.25, 0.3) is 10.8 Å². The van der Waals surface area contributed by atoms with Crippen molar-refractivity contribution in [2.75, 3.05) is 17.2 Å². The Labute approximate surface area is 120 Å². The summed E-state index contributed by atoms with van der Waals surface area (Å²) in [4.78, 5) is 6.88. The van der Waals surface area contributed by atoms with Gasteiger partial charge in [0.05, 0.1) is 0 Å². The predicted molar refractivity (Wildman–Crippen MR) is 86.0 cm³/mol. The first-order valence-corrected chi connectivity index (χ1v) is 7.70. The number of nitrogens with two attached hydrogens (primary N) is 1. The maximum Gasteiger partial charge on any atom is 0.0465 e. The summed E-state index contributed by atoms with van der Waals surface area (Å²) >= 11 is 0. The highest BCUT2D eigenvalue weighted by Crippen LogP contribution is 2.34. The summed E-state index contributed by atoms with van der Waals surface area (Å²) in [7, 11) is 0. The molecule has 3 heteroatoms. The highest BCUT2D eigenvalue weighted by atomic mass is 15.2. The van der Waals surface area contributed by atoms with Crippen LogP contribution in [0.5, 0.6) is 0 Å². The number of aromatic nitrogens is 1. The summed E-state index contributed by atoms with van der Waals surface area (Å²) in [5, 5.41) is 2.31. The smallest absolute Gasteiger partial charge is 0.0465 e. The SMILES string of the molecule is CCCC1CCCCN1c1ccc(N)c2ccncc12. The molecule has 1 atom stereocenters. The minimum Gasteiger partial charge on any atom is -0.398 e. The molecule has 0 aliphatic carbocycles. The summed E-state index contributed by atoms with van der Waals surface area (Å²) < 4.78 is 0. The molecule has 0 amide bonds. The van der Waals surface area contributed by atoms with Gasteiger partial charge in [-0.05, 0) is 43.9 Å². The van der Waals surface area contributed by atoms with Gasteiger partial charge in [-0.2, -0.15) is 0 Å². The van der Waals surface area contributed by atoms with Crippen molar-refractivity contribution in [1.29, 1.82) is 0 Å². The summed E-state index contributed by atoms with van der Waals surface area (Å²) in [6.07, 6.45) is 10.2. The fourth-order valence-electron chi connectivity index (χ4n) is 3.40. The third-order valence-corrected chi connectivity index (χ3v) is 4.39. The third kappa shape index (κ3) is 2.33. The Morgan fingerprint density at radius 1 is 1.25 bits per heavy atom. The van der Waals surface area contributed by atoms with Crippen molar-refractivity contribution in [3.8, 4) is 0 Å². The van der Waals surface area contributed by atoms with E-state index in [1.54, 1.807) is 0 Å². The summed E-state index contributed by atoms with van der Waals surface area (Å²) in [5.41, 5.74) is 8.25. The number of rotatable bonds is 3. The summed E-state index contributed by atoms with van der Waals surface area (Å²) in [5.74, 6) is 0. The van der Waals surface area contributed by atoms with Crippen LogP contribution in [0.1, 0.15) is 39.0 Å². The van der Waals surface area contributed by atoms with E-state index < -0.39 is 0 Å². The van der Waals surface area contributed by atoms with Crippen LogP contribution in [0.2, 0.25) is 0 Å². The van der Waals surface area contributed by atoms with Gasteiger partial charge in [-0.25, -0.2) is 0 Å². The Kier molecular flexibility index (Phi) is 3.77. The molecule has 1 aromatic heterocycles. The number of benzene rings is 1. The van der Waals surface area contributed by atoms with Crippen LogP contribution in [0.4, 0.5) is 11.4 Å². The first-order chi connectivity index (χ1) is 9.81. The number of hydrogen-bond acceptors (Lipinski definition) is 3. The second kappa shape index (κ2) is 5.70. The maximum atomic E-state index is 6.10. The van der Waals surface area contributed by atoms with Gasteiger partial charge in [0, 0.05) is 47.1 Å². The van der Waals surface area contributed by atoms with Crippen molar-refractivity contribution in [3.63, 3.8) is 0 Å². The Morgan fingerprint density at radius 3 is 3.00 bits per heavy atom. The van der Waals surface area contributed by atoms with Crippen molar-refractivity contribution >= 4 is 22.1 Å². The van der Waals surface area contributed by atoms with E-state index in [2.05, 4.69) is 22.9 Å². The number of fused-ring (bicyclic) bond motifs is 1. The van der Waals surface area contributed by atoms with Gasteiger partial charge >= 0.3 is 0 Å². The average Bonchev–Trinajstić information content (AvgIpc) is 2.49. The highest BCUT2D eigenvalue weighted by molar-refractivity contribution is 6.00. The van der Waals surface area contributed by atoms with E-state index in [1.807, 2.05) is 24.5 Å². The number of hydrogen-bond donors (Lipinski definition) is 1. The van der Waals surface area contributed by atoms with Gasteiger partial charge in [-0.15, -0.1) is 0 Å². The lowest BCUT2D eigenvalue weighted by molar-refractivity contribution is 0.435. The second-order valence-electron chi connectivity index (χ2n) is 5.73. The van der Waals surface area contributed by atoms with Crippen LogP contribution >= 0.6 is 0 Å². The third-order valence-electron chi connectivity index (χ3n) is 4.39. The Bertz CT molecular complexity index is 592. The summed E-state index contributed by atoms with van der Waals surface area (Å²) in [6, 6.07) is 6.90. The lowest BCUT2D eigenvalue weighted by Crippen LogP contribution is -2.39. The molecule has 1 fully saturated rings. The molecule has 1 unspecified atom stereocenters. The first-order valence-electron chi connectivity index (χ1n) is 7.70. The normalized spacial score (nSPS) is 19.4. The van der Waals surface area contributed by atoms with Crippen molar-refractivity contribution in [1.82, 2.24) is 4.98 Å². The zero-order valence-electron chi connectivity index (χ0n) is 12.2. The number of pyridine rings is 1. The van der Waals surface area contributed by atoms with Crippen LogP contribution in [0, 0.1) is 0 Å². The standard InChI is InChI=1S/C17H23N3/c1-2-5-13-6-3-4-11-20(13)17-8-7-16(18)14-9-10-19-12-15(14)17/h7-10,12-13H,2-6,11,18H2,1H3. The van der Waals surface area contributed by atoms with Gasteiger partial charge in [0.15, 0.2) is 0 Å². The molecule has 1 aliphatic heterocycles. The number of nitrogen functional groups attached to an aromatic ring is 1. The Balaban J connectivity index is 2.06. The van der Waals surface area contributed by atoms with Gasteiger partial charge < -0.3 is 10.6 Å². The second-order valence-corrected chi connectivity index (χ2v) is 5.73. The molecule has 2 aromatic rings. The first kappa shape index (κ1) is 13.2. The van der Waals surface area contributed by atoms with E-state index in [-0.39, 0.29) is 0 Å². The van der Waals surface area contributed by atoms with Crippen LogP contribution < -0.4 is 10.6 Å². The minimum atomic E-state index is 0.667. The lowest BCUT2D eigenvalue weighted by atomic mass is 9.96. The summed E-state index contributed by atoms with van der Waals surface area (Å²) in [6.45, 7) is 3.42. The maximum absolute atomic E-state index is 6.10. The van der Waals surface area contributed by atoms with Crippen LogP contribution in [0.15, 0.2) is 30.6 Å². The van der Waals surface area contributed by atoms with Gasteiger partial charge in [0.1, 0.15) is 0 Å². The molecule has 1 aromatic carbocycles. The molecule has 0 bridgehead atoms. The highest BCUT2D eigenvalue weighted by Gasteiger charge is 2.23. The molecular formula is C17H23N3. The molecule has 2 heterocycles. The van der Waals surface area contributed by atoms with E-state index in [0.717, 1.165) is 17.6 Å². The molecule has 0 saturated carbocycles. The van der Waals surface area contributed by atoms with Crippen molar-refractivity contribution < 1.29 is 0 Å². The fraction of sp³-hybridized carbons (Fsp3) is 0.471. The Morgan fingerprint density at radius 2 is 2.15 bits per heavy atom. The molecule has 3 rings (SSSR count). The fourth-order valence-corrected chi connectivity index (χ4v) is 3.40. The predicted octanol–water partition coefficient (Wildman–Crippen LogP) is 3.98. The van der Waals surface area contributed by atoms with Crippen molar-refractivity contribution in [2.45, 2.75) is 45.1 Å². The van der Waals surface area contributed by atoms with E-state index in [0.29, 0.717) is 6.04 Å². The van der Waals surface area contributed by atoms with Crippen molar-refractivity contribution in [3.05, 3.63) is 30.6 Å². The molecule has 0 spiro atoms. The molecule has 20 heavy (non-hydrogen) atoms. The molecule has 1 saturated heterocycles. The average molecular weight is 269 g/mol. The minimum absolute atomic E-state index is 0.667. The quantitative estimate of drug-likeness (QED) is 0.857. The monoisotopic (exact) mass is 269 g/mol. The molecule has 2 N–H and O–H groups in total. The van der Waals surface area contributed by atoms with Gasteiger partial charge in [-0.1, -0.05) is 13.3 Å². The zero-order valence-corrected chi connectivity index (χ0v) is 12.2. The van der Waals surface area contributed by atoms with E-state index in [1.165, 1.54) is 43.2 Å². The molecule has 1 aliphatic rings. The van der Waals surface area contributed by atoms with Crippen LogP contribution in [-0.4, -0.2) is 17.6 Å². The Hall–Kier alpha value is -1.77. The van der Waals surface area contributed by atoms with Crippen LogP contribution in [0.3, 0.4) is 0 Å². The molecule has 3 nitrogen and oxygen atoms in total. The number of anilines is 2. The topological polar surface area (TPSA) is 42.1 Å². The zero-order chi connectivity index (χ0) is 13.9. The lowest BCUT2D eigenvalue weighted by Gasteiger charge is -2.38. The molecule has 0 radical (unpaired) electrons. The van der Waals surface area contributed by atoms with E-state index >= 15 is 0 Å². The van der Waals surface area contributed by atoms with Crippen LogP contribution in [-0.2, 0) is 0 Å². The van der Waals surface area contributed by atoms with Gasteiger partial charge in [0.2, 0.25) is 0 Å². The number of piperidine rings is 1. The van der Waals surface area contributed by atoms with Gasteiger partial charge in [-0.3, -0.25) is 4.98 Å². The van der Waals surface area contributed by atoms with Crippen molar-refractivity contribution in [2.24, 2.45) is 0 Å². The van der Waals surface area contributed by atoms with Gasteiger partial charge in [0.25, 0.3) is 0 Å². The largest absolute Gasteiger partial charge is 0.398 e. The number of nitrogens with zero attached hydrogens (tertiary/aromatic N) is 2. The van der Waals surface area contributed by atoms with E-state index in [4.69, 9.17) is 5.73 Å². The molecular weight excluding hydrogens is 246 g/mol.